The van der Waals surface area contributed by atoms with Crippen LogP contribution in [0.3, 0.4) is 0 Å². The molecule has 0 unspecified atom stereocenters. The van der Waals surface area contributed by atoms with E-state index in [0.717, 1.165) is 18.8 Å². The molecule has 2 rings (SSSR count). The lowest BCUT2D eigenvalue weighted by atomic mass is 10.2. The van der Waals surface area contributed by atoms with E-state index < -0.39 is 0 Å². The molecule has 0 atom stereocenters. The first-order chi connectivity index (χ1) is 7.84. The first-order valence-corrected chi connectivity index (χ1v) is 6.13. The normalized spacial score (nSPS) is 16.8. The Morgan fingerprint density at radius 3 is 2.44 bits per heavy atom. The van der Waals surface area contributed by atoms with E-state index >= 15 is 0 Å². The molecule has 1 aromatic carbocycles. The summed E-state index contributed by atoms with van der Waals surface area (Å²) in [5.41, 5.74) is 4.25. The monoisotopic (exact) mass is 235 g/mol. The van der Waals surface area contributed by atoms with Gasteiger partial charge in [0, 0.05) is 18.8 Å². The standard InChI is InChI=1S/C12H17N3S/c16-12(13-11-7-3-1-4-8-11)14-15-9-5-2-6-10-15/h1,3-4,7-8H,2,5-6,9-10H2,(H2,13,14,16). The number of benzene rings is 1. The lowest BCUT2D eigenvalue weighted by molar-refractivity contribution is 0.196. The summed E-state index contributed by atoms with van der Waals surface area (Å²) in [7, 11) is 0. The highest BCUT2D eigenvalue weighted by molar-refractivity contribution is 7.80. The van der Waals surface area contributed by atoms with Crippen molar-refractivity contribution in [1.82, 2.24) is 10.4 Å². The van der Waals surface area contributed by atoms with Crippen LogP contribution < -0.4 is 10.7 Å². The number of hydrogen-bond donors (Lipinski definition) is 2. The number of nitrogens with zero attached hydrogens (tertiary/aromatic N) is 1. The smallest absolute Gasteiger partial charge is 0.185 e. The van der Waals surface area contributed by atoms with Gasteiger partial charge in [-0.3, -0.25) is 5.43 Å². The second kappa shape index (κ2) is 5.82. The predicted octanol–water partition coefficient (Wildman–Crippen LogP) is 2.37. The van der Waals surface area contributed by atoms with Gasteiger partial charge in [0.05, 0.1) is 0 Å². The first kappa shape index (κ1) is 11.4. The quantitative estimate of drug-likeness (QED) is 0.770. The topological polar surface area (TPSA) is 27.3 Å². The highest BCUT2D eigenvalue weighted by Crippen LogP contribution is 2.07. The van der Waals surface area contributed by atoms with Crippen LogP contribution in [-0.4, -0.2) is 23.2 Å². The minimum atomic E-state index is 0.674. The lowest BCUT2D eigenvalue weighted by Gasteiger charge is -2.28. The van der Waals surface area contributed by atoms with Gasteiger partial charge in [-0.15, -0.1) is 0 Å². The van der Waals surface area contributed by atoms with Crippen LogP contribution in [0.2, 0.25) is 0 Å². The molecule has 1 aliphatic heterocycles. The lowest BCUT2D eigenvalue weighted by Crippen LogP contribution is -2.46. The fourth-order valence-corrected chi connectivity index (χ4v) is 2.08. The fourth-order valence-electron chi connectivity index (χ4n) is 1.83. The van der Waals surface area contributed by atoms with Crippen molar-refractivity contribution in [3.05, 3.63) is 30.3 Å². The summed E-state index contributed by atoms with van der Waals surface area (Å²) in [6.45, 7) is 2.16. The van der Waals surface area contributed by atoms with Crippen LogP contribution in [0.15, 0.2) is 30.3 Å². The third-order valence-electron chi connectivity index (χ3n) is 2.65. The van der Waals surface area contributed by atoms with E-state index in [2.05, 4.69) is 15.8 Å². The van der Waals surface area contributed by atoms with Crippen molar-refractivity contribution in [3.8, 4) is 0 Å². The van der Waals surface area contributed by atoms with Crippen LogP contribution in [0.4, 0.5) is 5.69 Å². The zero-order chi connectivity index (χ0) is 11.2. The molecule has 0 amide bonds. The maximum absolute atomic E-state index is 5.25. The van der Waals surface area contributed by atoms with Crippen LogP contribution in [0.1, 0.15) is 19.3 Å². The van der Waals surface area contributed by atoms with Gasteiger partial charge in [0.1, 0.15) is 0 Å². The molecule has 1 aromatic rings. The van der Waals surface area contributed by atoms with Gasteiger partial charge in [-0.05, 0) is 37.2 Å². The van der Waals surface area contributed by atoms with Crippen molar-refractivity contribution in [3.63, 3.8) is 0 Å². The average Bonchev–Trinajstić information content (AvgIpc) is 2.31. The van der Waals surface area contributed by atoms with Crippen molar-refractivity contribution >= 4 is 23.0 Å². The minimum Gasteiger partial charge on any atom is -0.332 e. The molecule has 0 saturated carbocycles. The van der Waals surface area contributed by atoms with Gasteiger partial charge in [-0.25, -0.2) is 5.01 Å². The third kappa shape index (κ3) is 3.47. The molecule has 1 heterocycles. The number of nitrogens with one attached hydrogen (secondary N) is 2. The SMILES string of the molecule is S=C(Nc1ccccc1)NN1CCCCC1. The molecule has 16 heavy (non-hydrogen) atoms. The second-order valence-corrected chi connectivity index (χ2v) is 4.39. The van der Waals surface area contributed by atoms with E-state index in [-0.39, 0.29) is 0 Å². The second-order valence-electron chi connectivity index (χ2n) is 3.98. The molecule has 1 aliphatic rings. The Balaban J connectivity index is 1.80. The molecule has 0 aromatic heterocycles. The minimum absolute atomic E-state index is 0.674. The van der Waals surface area contributed by atoms with Gasteiger partial charge in [0.25, 0.3) is 0 Å². The molecule has 86 valence electrons. The van der Waals surface area contributed by atoms with Crippen molar-refractivity contribution in [2.24, 2.45) is 0 Å². The molecular formula is C12H17N3S. The summed E-state index contributed by atoms with van der Waals surface area (Å²) in [5.74, 6) is 0. The van der Waals surface area contributed by atoms with Crippen LogP contribution in [0.25, 0.3) is 0 Å². The largest absolute Gasteiger partial charge is 0.332 e. The van der Waals surface area contributed by atoms with Gasteiger partial charge in [0.2, 0.25) is 0 Å². The summed E-state index contributed by atoms with van der Waals surface area (Å²) in [6, 6.07) is 9.98. The predicted molar refractivity (Wildman–Crippen MR) is 71.2 cm³/mol. The maximum Gasteiger partial charge on any atom is 0.185 e. The van der Waals surface area contributed by atoms with Crippen molar-refractivity contribution < 1.29 is 0 Å². The average molecular weight is 235 g/mol. The Bertz CT molecular complexity index is 333. The van der Waals surface area contributed by atoms with Crippen LogP contribution in [0, 0.1) is 0 Å². The van der Waals surface area contributed by atoms with Gasteiger partial charge in [-0.1, -0.05) is 24.6 Å². The van der Waals surface area contributed by atoms with Gasteiger partial charge < -0.3 is 5.32 Å². The first-order valence-electron chi connectivity index (χ1n) is 5.72. The number of hydrazine groups is 1. The zero-order valence-corrected chi connectivity index (χ0v) is 10.1. The number of rotatable bonds is 2. The molecule has 0 radical (unpaired) electrons. The molecule has 1 fully saturated rings. The summed E-state index contributed by atoms with van der Waals surface area (Å²) < 4.78 is 0. The highest BCUT2D eigenvalue weighted by atomic mass is 32.1. The number of piperidine rings is 1. The van der Waals surface area contributed by atoms with Crippen molar-refractivity contribution in [1.29, 1.82) is 0 Å². The van der Waals surface area contributed by atoms with E-state index in [1.165, 1.54) is 19.3 Å². The van der Waals surface area contributed by atoms with Crippen molar-refractivity contribution in [2.45, 2.75) is 19.3 Å². The Morgan fingerprint density at radius 1 is 1.06 bits per heavy atom. The summed E-state index contributed by atoms with van der Waals surface area (Å²) in [6.07, 6.45) is 3.83. The molecule has 0 aliphatic carbocycles. The van der Waals surface area contributed by atoms with Crippen LogP contribution in [-0.2, 0) is 0 Å². The summed E-state index contributed by atoms with van der Waals surface area (Å²) >= 11 is 5.25. The molecule has 3 nitrogen and oxygen atoms in total. The van der Waals surface area contributed by atoms with E-state index in [4.69, 9.17) is 12.2 Å². The number of hydrogen-bond acceptors (Lipinski definition) is 2. The Morgan fingerprint density at radius 2 is 1.75 bits per heavy atom. The maximum atomic E-state index is 5.25. The Hall–Kier alpha value is -1.13. The van der Waals surface area contributed by atoms with E-state index in [1.54, 1.807) is 0 Å². The number of thiocarbonyl (C=S) groups is 1. The van der Waals surface area contributed by atoms with E-state index in [9.17, 15) is 0 Å². The molecule has 4 heteroatoms. The highest BCUT2D eigenvalue weighted by Gasteiger charge is 2.10. The molecule has 2 N–H and O–H groups in total. The molecule has 0 bridgehead atoms. The van der Waals surface area contributed by atoms with Crippen molar-refractivity contribution in [2.75, 3.05) is 18.4 Å². The van der Waals surface area contributed by atoms with Crippen LogP contribution >= 0.6 is 12.2 Å². The number of para-hydroxylation sites is 1. The molecular weight excluding hydrogens is 218 g/mol. The van der Waals surface area contributed by atoms with E-state index in [1.807, 2.05) is 30.3 Å². The third-order valence-corrected chi connectivity index (χ3v) is 2.84. The summed E-state index contributed by atoms with van der Waals surface area (Å²) in [5, 5.41) is 6.02. The van der Waals surface area contributed by atoms with Gasteiger partial charge in [-0.2, -0.15) is 0 Å². The number of anilines is 1. The zero-order valence-electron chi connectivity index (χ0n) is 9.28. The van der Waals surface area contributed by atoms with E-state index in [0.29, 0.717) is 5.11 Å². The summed E-state index contributed by atoms with van der Waals surface area (Å²) in [4.78, 5) is 0. The Labute approximate surface area is 102 Å². The molecule has 0 spiro atoms. The Kier molecular flexibility index (Phi) is 4.13. The van der Waals surface area contributed by atoms with Gasteiger partial charge in [0.15, 0.2) is 5.11 Å². The van der Waals surface area contributed by atoms with Crippen LogP contribution in [0.5, 0.6) is 0 Å². The fraction of sp³-hybridized carbons (Fsp3) is 0.417. The molecule has 1 saturated heterocycles. The van der Waals surface area contributed by atoms with Gasteiger partial charge >= 0.3 is 0 Å².